The summed E-state index contributed by atoms with van der Waals surface area (Å²) in [6.45, 7) is 0.870. The monoisotopic (exact) mass is 311 g/mol. The molecule has 0 aliphatic carbocycles. The molecule has 118 valence electrons. The van der Waals surface area contributed by atoms with Gasteiger partial charge >= 0.3 is 5.97 Å². The molecule has 5 nitrogen and oxygen atoms in total. The number of carbonyl (C=O) groups excluding carboxylic acids is 2. The maximum atomic E-state index is 12.2. The SMILES string of the molecule is O=C(OCC(=O)N1CCc2ccccc2C1)c1cccc(O)c1. The lowest BCUT2D eigenvalue weighted by Gasteiger charge is -2.28. The van der Waals surface area contributed by atoms with Crippen molar-refractivity contribution in [3.05, 3.63) is 65.2 Å². The lowest BCUT2D eigenvalue weighted by Crippen LogP contribution is -2.38. The largest absolute Gasteiger partial charge is 0.508 e. The van der Waals surface area contributed by atoms with Gasteiger partial charge in [-0.25, -0.2) is 4.79 Å². The van der Waals surface area contributed by atoms with Crippen LogP contribution in [0.25, 0.3) is 0 Å². The van der Waals surface area contributed by atoms with E-state index >= 15 is 0 Å². The molecule has 23 heavy (non-hydrogen) atoms. The van der Waals surface area contributed by atoms with Crippen molar-refractivity contribution >= 4 is 11.9 Å². The third kappa shape index (κ3) is 3.51. The Kier molecular flexibility index (Phi) is 4.28. The number of ether oxygens (including phenoxy) is 1. The van der Waals surface area contributed by atoms with E-state index in [-0.39, 0.29) is 23.8 Å². The quantitative estimate of drug-likeness (QED) is 0.882. The van der Waals surface area contributed by atoms with Crippen molar-refractivity contribution in [2.45, 2.75) is 13.0 Å². The van der Waals surface area contributed by atoms with Crippen LogP contribution in [0.15, 0.2) is 48.5 Å². The van der Waals surface area contributed by atoms with E-state index in [4.69, 9.17) is 4.74 Å². The first-order valence-corrected chi connectivity index (χ1v) is 7.44. The summed E-state index contributed by atoms with van der Waals surface area (Å²) in [6.07, 6.45) is 0.808. The molecule has 1 N–H and O–H groups in total. The third-order valence-corrected chi connectivity index (χ3v) is 3.89. The van der Waals surface area contributed by atoms with E-state index in [1.54, 1.807) is 11.0 Å². The van der Waals surface area contributed by atoms with Gasteiger partial charge in [0.1, 0.15) is 5.75 Å². The molecule has 0 fully saturated rings. The van der Waals surface area contributed by atoms with Crippen LogP contribution in [0.1, 0.15) is 21.5 Å². The molecule has 1 amide bonds. The first-order valence-electron chi connectivity index (χ1n) is 7.44. The maximum Gasteiger partial charge on any atom is 0.338 e. The van der Waals surface area contributed by atoms with Crippen molar-refractivity contribution in [3.63, 3.8) is 0 Å². The molecule has 1 aliphatic heterocycles. The number of rotatable bonds is 3. The number of aromatic hydroxyl groups is 1. The number of phenols is 1. The van der Waals surface area contributed by atoms with Gasteiger partial charge in [-0.3, -0.25) is 4.79 Å². The summed E-state index contributed by atoms with van der Waals surface area (Å²) in [5, 5.41) is 9.35. The summed E-state index contributed by atoms with van der Waals surface area (Å²) in [4.78, 5) is 25.8. The van der Waals surface area contributed by atoms with E-state index < -0.39 is 5.97 Å². The van der Waals surface area contributed by atoms with Crippen molar-refractivity contribution in [1.29, 1.82) is 0 Å². The van der Waals surface area contributed by atoms with Gasteiger partial charge in [0.15, 0.2) is 6.61 Å². The minimum Gasteiger partial charge on any atom is -0.508 e. The zero-order chi connectivity index (χ0) is 16.2. The molecular formula is C18H17NO4. The Morgan fingerprint density at radius 3 is 2.65 bits per heavy atom. The van der Waals surface area contributed by atoms with Crippen LogP contribution in [0.5, 0.6) is 5.75 Å². The van der Waals surface area contributed by atoms with Crippen LogP contribution in [0.2, 0.25) is 0 Å². The first-order chi connectivity index (χ1) is 11.1. The van der Waals surface area contributed by atoms with Gasteiger partial charge in [-0.2, -0.15) is 0 Å². The fourth-order valence-electron chi connectivity index (χ4n) is 2.64. The predicted molar refractivity (Wildman–Crippen MR) is 84.0 cm³/mol. The fraction of sp³-hybridized carbons (Fsp3) is 0.222. The van der Waals surface area contributed by atoms with Gasteiger partial charge in [-0.05, 0) is 35.7 Å². The minimum absolute atomic E-state index is 0.0154. The molecule has 0 bridgehead atoms. The van der Waals surface area contributed by atoms with Gasteiger partial charge in [0, 0.05) is 13.1 Å². The highest BCUT2D eigenvalue weighted by atomic mass is 16.5. The second-order valence-corrected chi connectivity index (χ2v) is 5.46. The molecule has 0 aromatic heterocycles. The normalized spacial score (nSPS) is 13.3. The van der Waals surface area contributed by atoms with Gasteiger partial charge in [0.25, 0.3) is 5.91 Å². The lowest BCUT2D eigenvalue weighted by molar-refractivity contribution is -0.135. The molecule has 0 saturated heterocycles. The van der Waals surface area contributed by atoms with Crippen LogP contribution >= 0.6 is 0 Å². The molecule has 3 rings (SSSR count). The van der Waals surface area contributed by atoms with Crippen LogP contribution in [0.3, 0.4) is 0 Å². The van der Waals surface area contributed by atoms with Gasteiger partial charge in [0.2, 0.25) is 0 Å². The molecule has 0 unspecified atom stereocenters. The topological polar surface area (TPSA) is 66.8 Å². The molecule has 0 atom stereocenters. The lowest BCUT2D eigenvalue weighted by atomic mass is 10.00. The summed E-state index contributed by atoms with van der Waals surface area (Å²) >= 11 is 0. The fourth-order valence-corrected chi connectivity index (χ4v) is 2.64. The molecule has 0 spiro atoms. The molecule has 2 aromatic carbocycles. The van der Waals surface area contributed by atoms with Crippen LogP contribution < -0.4 is 0 Å². The number of carbonyl (C=O) groups is 2. The van der Waals surface area contributed by atoms with Crippen molar-refractivity contribution < 1.29 is 19.4 Å². The molecule has 1 aliphatic rings. The summed E-state index contributed by atoms with van der Waals surface area (Å²) in [7, 11) is 0. The standard InChI is InChI=1S/C18H17NO4/c20-16-7-3-6-14(10-16)18(22)23-12-17(21)19-9-8-13-4-1-2-5-15(13)11-19/h1-7,10,20H,8-9,11-12H2. The Bertz CT molecular complexity index is 741. The van der Waals surface area contributed by atoms with E-state index in [2.05, 4.69) is 6.07 Å². The second-order valence-electron chi connectivity index (χ2n) is 5.46. The highest BCUT2D eigenvalue weighted by molar-refractivity contribution is 5.91. The summed E-state index contributed by atoms with van der Waals surface area (Å²) in [5.74, 6) is -0.849. The number of hydrogen-bond donors (Lipinski definition) is 1. The number of benzene rings is 2. The van der Waals surface area contributed by atoms with E-state index in [0.29, 0.717) is 13.1 Å². The molecule has 1 heterocycles. The van der Waals surface area contributed by atoms with Crippen LogP contribution in [-0.4, -0.2) is 35.0 Å². The maximum absolute atomic E-state index is 12.2. The van der Waals surface area contributed by atoms with Crippen molar-refractivity contribution in [2.75, 3.05) is 13.2 Å². The highest BCUT2D eigenvalue weighted by Gasteiger charge is 2.21. The summed E-state index contributed by atoms with van der Waals surface area (Å²) < 4.78 is 5.04. The van der Waals surface area contributed by atoms with Crippen LogP contribution in [0, 0.1) is 0 Å². The summed E-state index contributed by atoms with van der Waals surface area (Å²) in [6, 6.07) is 13.9. The Morgan fingerprint density at radius 2 is 1.87 bits per heavy atom. The zero-order valence-corrected chi connectivity index (χ0v) is 12.6. The van der Waals surface area contributed by atoms with E-state index in [9.17, 15) is 14.7 Å². The van der Waals surface area contributed by atoms with Gasteiger partial charge in [-0.15, -0.1) is 0 Å². The van der Waals surface area contributed by atoms with Crippen molar-refractivity contribution in [1.82, 2.24) is 4.90 Å². The highest BCUT2D eigenvalue weighted by Crippen LogP contribution is 2.18. The minimum atomic E-state index is -0.619. The number of amides is 1. The molecule has 0 radical (unpaired) electrons. The molecule has 0 saturated carbocycles. The predicted octanol–water partition coefficient (Wildman–Crippen LogP) is 2.13. The first kappa shape index (κ1) is 15.1. The average Bonchev–Trinajstić information content (AvgIpc) is 2.59. The summed E-state index contributed by atoms with van der Waals surface area (Å²) in [5.41, 5.74) is 2.61. The molecule has 5 heteroatoms. The van der Waals surface area contributed by atoms with Crippen LogP contribution in [-0.2, 0) is 22.5 Å². The van der Waals surface area contributed by atoms with E-state index in [0.717, 1.165) is 12.0 Å². The Balaban J connectivity index is 1.57. The van der Waals surface area contributed by atoms with E-state index in [1.807, 2.05) is 18.2 Å². The zero-order valence-electron chi connectivity index (χ0n) is 12.6. The van der Waals surface area contributed by atoms with Gasteiger partial charge in [-0.1, -0.05) is 30.3 Å². The van der Waals surface area contributed by atoms with Crippen molar-refractivity contribution in [2.24, 2.45) is 0 Å². The smallest absolute Gasteiger partial charge is 0.338 e. The molecule has 2 aromatic rings. The Hall–Kier alpha value is -2.82. The second kappa shape index (κ2) is 6.52. The Labute approximate surface area is 134 Å². The van der Waals surface area contributed by atoms with Gasteiger partial charge < -0.3 is 14.7 Å². The third-order valence-electron chi connectivity index (χ3n) is 3.89. The van der Waals surface area contributed by atoms with Crippen LogP contribution in [0.4, 0.5) is 0 Å². The number of phenolic OH excluding ortho intramolecular Hbond substituents is 1. The number of fused-ring (bicyclic) bond motifs is 1. The van der Waals surface area contributed by atoms with Crippen molar-refractivity contribution in [3.8, 4) is 5.75 Å². The average molecular weight is 311 g/mol. The number of nitrogens with zero attached hydrogens (tertiary/aromatic N) is 1. The Morgan fingerprint density at radius 1 is 1.09 bits per heavy atom. The molecular weight excluding hydrogens is 294 g/mol. The number of esters is 1. The van der Waals surface area contributed by atoms with E-state index in [1.165, 1.54) is 23.8 Å². The van der Waals surface area contributed by atoms with Gasteiger partial charge in [0.05, 0.1) is 5.56 Å². The number of hydrogen-bond acceptors (Lipinski definition) is 4.